The Morgan fingerprint density at radius 1 is 1.32 bits per heavy atom. The number of aromatic nitrogens is 3. The van der Waals surface area contributed by atoms with E-state index in [0.717, 1.165) is 48.2 Å². The van der Waals surface area contributed by atoms with Crippen LogP contribution in [0.3, 0.4) is 0 Å². The molecule has 0 radical (unpaired) electrons. The predicted molar refractivity (Wildman–Crippen MR) is 99.1 cm³/mol. The van der Waals surface area contributed by atoms with Crippen LogP contribution in [0.4, 0.5) is 0 Å². The van der Waals surface area contributed by atoms with Gasteiger partial charge >= 0.3 is 0 Å². The first-order valence-corrected chi connectivity index (χ1v) is 8.96. The highest BCUT2D eigenvalue weighted by Crippen LogP contribution is 2.29. The van der Waals surface area contributed by atoms with E-state index in [1.54, 1.807) is 0 Å². The molecule has 1 N–H and O–H groups in total. The van der Waals surface area contributed by atoms with Crippen LogP contribution in [0.2, 0.25) is 5.02 Å². The minimum Gasteiger partial charge on any atom is -0.350 e. The van der Waals surface area contributed by atoms with Gasteiger partial charge in [-0.3, -0.25) is 4.79 Å². The summed E-state index contributed by atoms with van der Waals surface area (Å²) in [5.74, 6) is 1.61. The lowest BCUT2D eigenvalue weighted by atomic mass is 9.95. The number of fused-ring (bicyclic) bond motifs is 1. The number of H-pyrrole nitrogens is 1. The molecule has 5 nitrogen and oxygen atoms in total. The Bertz CT molecular complexity index is 934. The van der Waals surface area contributed by atoms with E-state index in [-0.39, 0.29) is 5.91 Å². The van der Waals surface area contributed by atoms with Crippen molar-refractivity contribution in [2.24, 2.45) is 7.05 Å². The van der Waals surface area contributed by atoms with Crippen LogP contribution in [-0.4, -0.2) is 38.4 Å². The number of imidazole rings is 1. The van der Waals surface area contributed by atoms with Gasteiger partial charge in [-0.1, -0.05) is 11.6 Å². The number of carbonyl (C=O) groups excluding carboxylic acids is 1. The first-order chi connectivity index (χ1) is 12.0. The Balaban J connectivity index is 1.53. The molecule has 0 aliphatic carbocycles. The molecule has 0 bridgehead atoms. The van der Waals surface area contributed by atoms with Crippen molar-refractivity contribution in [3.8, 4) is 0 Å². The van der Waals surface area contributed by atoms with Crippen molar-refractivity contribution < 1.29 is 4.79 Å². The minimum absolute atomic E-state index is 0.0723. The van der Waals surface area contributed by atoms with Gasteiger partial charge in [-0.2, -0.15) is 0 Å². The highest BCUT2D eigenvalue weighted by molar-refractivity contribution is 6.31. The molecular weight excluding hydrogens is 336 g/mol. The lowest BCUT2D eigenvalue weighted by Gasteiger charge is -2.31. The number of halogens is 1. The third-order valence-electron chi connectivity index (χ3n) is 5.24. The minimum atomic E-state index is 0.0723. The van der Waals surface area contributed by atoms with Gasteiger partial charge in [-0.05, 0) is 43.5 Å². The highest BCUT2D eigenvalue weighted by Gasteiger charge is 2.28. The summed E-state index contributed by atoms with van der Waals surface area (Å²) >= 11 is 6.09. The lowest BCUT2D eigenvalue weighted by Crippen LogP contribution is -2.38. The maximum atomic E-state index is 13.0. The van der Waals surface area contributed by atoms with Crippen LogP contribution < -0.4 is 0 Å². The largest absolute Gasteiger partial charge is 0.350 e. The number of amides is 1. The molecule has 1 saturated heterocycles. The molecule has 1 aliphatic heterocycles. The van der Waals surface area contributed by atoms with Gasteiger partial charge in [-0.25, -0.2) is 4.98 Å². The lowest BCUT2D eigenvalue weighted by molar-refractivity contribution is 0.0705. The maximum absolute atomic E-state index is 13.0. The summed E-state index contributed by atoms with van der Waals surface area (Å²) in [5, 5.41) is 1.70. The fourth-order valence-electron chi connectivity index (χ4n) is 3.78. The number of nitrogens with one attached hydrogen (secondary N) is 1. The van der Waals surface area contributed by atoms with Gasteiger partial charge in [0.25, 0.3) is 5.91 Å². The average molecular weight is 357 g/mol. The summed E-state index contributed by atoms with van der Waals surface area (Å²) in [6.07, 6.45) is 5.71. The van der Waals surface area contributed by atoms with Crippen LogP contribution in [0, 0.1) is 6.92 Å². The van der Waals surface area contributed by atoms with E-state index in [1.165, 1.54) is 0 Å². The number of carbonyl (C=O) groups is 1. The fourth-order valence-corrected chi connectivity index (χ4v) is 3.95. The molecule has 25 heavy (non-hydrogen) atoms. The van der Waals surface area contributed by atoms with Crippen molar-refractivity contribution in [1.82, 2.24) is 19.4 Å². The molecule has 2 aromatic heterocycles. The molecular formula is C19H21ClN4O. The third-order valence-corrected chi connectivity index (χ3v) is 5.48. The second kappa shape index (κ2) is 6.23. The SMILES string of the molecule is Cc1c(C(=O)N2CCC(c3nccn3C)CC2)[nH]c2ccc(Cl)cc12. The molecule has 4 rings (SSSR count). The number of rotatable bonds is 2. The van der Waals surface area contributed by atoms with E-state index in [0.29, 0.717) is 16.6 Å². The first-order valence-electron chi connectivity index (χ1n) is 8.59. The van der Waals surface area contributed by atoms with Gasteiger partial charge in [-0.15, -0.1) is 0 Å². The molecule has 1 aliphatic rings. The van der Waals surface area contributed by atoms with Crippen molar-refractivity contribution in [2.45, 2.75) is 25.7 Å². The Morgan fingerprint density at radius 3 is 2.76 bits per heavy atom. The summed E-state index contributed by atoms with van der Waals surface area (Å²) in [6, 6.07) is 5.67. The van der Waals surface area contributed by atoms with Crippen molar-refractivity contribution in [1.29, 1.82) is 0 Å². The molecule has 0 spiro atoms. The Hall–Kier alpha value is -2.27. The maximum Gasteiger partial charge on any atom is 0.270 e. The number of hydrogen-bond acceptors (Lipinski definition) is 2. The van der Waals surface area contributed by atoms with Gasteiger partial charge in [0.05, 0.1) is 0 Å². The van der Waals surface area contributed by atoms with E-state index in [4.69, 9.17) is 11.6 Å². The molecule has 0 saturated carbocycles. The van der Waals surface area contributed by atoms with Crippen molar-refractivity contribution in [2.75, 3.05) is 13.1 Å². The van der Waals surface area contributed by atoms with Crippen LogP contribution in [0.1, 0.15) is 40.6 Å². The quantitative estimate of drug-likeness (QED) is 0.757. The topological polar surface area (TPSA) is 53.9 Å². The summed E-state index contributed by atoms with van der Waals surface area (Å²) in [5.41, 5.74) is 2.59. The first kappa shape index (κ1) is 16.2. The standard InChI is InChI=1S/C19H21ClN4O/c1-12-15-11-14(20)3-4-16(15)22-17(12)19(25)24-8-5-13(6-9-24)18-21-7-10-23(18)2/h3-4,7,10-11,13,22H,5-6,8-9H2,1-2H3. The highest BCUT2D eigenvalue weighted by atomic mass is 35.5. The van der Waals surface area contributed by atoms with Crippen molar-refractivity contribution in [3.63, 3.8) is 0 Å². The zero-order chi connectivity index (χ0) is 17.6. The second-order valence-corrected chi connectivity index (χ2v) is 7.21. The molecule has 1 fully saturated rings. The van der Waals surface area contributed by atoms with Crippen LogP contribution in [-0.2, 0) is 7.05 Å². The zero-order valence-electron chi connectivity index (χ0n) is 14.4. The van der Waals surface area contributed by atoms with Crippen LogP contribution in [0.5, 0.6) is 0 Å². The zero-order valence-corrected chi connectivity index (χ0v) is 15.2. The van der Waals surface area contributed by atoms with E-state index in [2.05, 4.69) is 14.5 Å². The van der Waals surface area contributed by atoms with Gasteiger partial charge in [0.15, 0.2) is 0 Å². The van der Waals surface area contributed by atoms with E-state index < -0.39 is 0 Å². The monoisotopic (exact) mass is 356 g/mol. The third kappa shape index (κ3) is 2.82. The number of nitrogens with zero attached hydrogens (tertiary/aromatic N) is 3. The average Bonchev–Trinajstić information content (AvgIpc) is 3.18. The van der Waals surface area contributed by atoms with Crippen LogP contribution in [0.15, 0.2) is 30.6 Å². The Labute approximate surface area is 151 Å². The number of piperidine rings is 1. The van der Waals surface area contributed by atoms with Gasteiger partial charge in [0.1, 0.15) is 11.5 Å². The smallest absolute Gasteiger partial charge is 0.270 e. The molecule has 3 aromatic rings. The predicted octanol–water partition coefficient (Wildman–Crippen LogP) is 3.88. The second-order valence-electron chi connectivity index (χ2n) is 6.78. The number of aryl methyl sites for hydroxylation is 2. The fraction of sp³-hybridized carbons (Fsp3) is 0.368. The summed E-state index contributed by atoms with van der Waals surface area (Å²) < 4.78 is 2.08. The molecule has 6 heteroatoms. The Kier molecular flexibility index (Phi) is 4.04. The van der Waals surface area contributed by atoms with Crippen LogP contribution in [0.25, 0.3) is 10.9 Å². The molecule has 0 atom stereocenters. The number of likely N-dealkylation sites (tertiary alicyclic amines) is 1. The van der Waals surface area contributed by atoms with Crippen LogP contribution >= 0.6 is 11.6 Å². The van der Waals surface area contributed by atoms with Gasteiger partial charge in [0.2, 0.25) is 0 Å². The summed E-state index contributed by atoms with van der Waals surface area (Å²) in [7, 11) is 2.03. The Morgan fingerprint density at radius 2 is 2.08 bits per heavy atom. The number of benzene rings is 1. The normalized spacial score (nSPS) is 15.9. The van der Waals surface area contributed by atoms with E-state index in [1.807, 2.05) is 49.5 Å². The van der Waals surface area contributed by atoms with E-state index in [9.17, 15) is 4.79 Å². The summed E-state index contributed by atoms with van der Waals surface area (Å²) in [4.78, 5) is 22.6. The van der Waals surface area contributed by atoms with Gasteiger partial charge in [0, 0.05) is 54.4 Å². The number of hydrogen-bond donors (Lipinski definition) is 1. The number of aromatic amines is 1. The molecule has 130 valence electrons. The van der Waals surface area contributed by atoms with Crippen molar-refractivity contribution in [3.05, 3.63) is 52.7 Å². The van der Waals surface area contributed by atoms with Crippen molar-refractivity contribution >= 4 is 28.4 Å². The van der Waals surface area contributed by atoms with E-state index >= 15 is 0 Å². The molecule has 1 amide bonds. The molecule has 1 aromatic carbocycles. The summed E-state index contributed by atoms with van der Waals surface area (Å²) in [6.45, 7) is 3.49. The van der Waals surface area contributed by atoms with Gasteiger partial charge < -0.3 is 14.5 Å². The molecule has 0 unspecified atom stereocenters. The molecule has 3 heterocycles.